The predicted molar refractivity (Wildman–Crippen MR) is 111 cm³/mol. The molecule has 0 bridgehead atoms. The number of piperidine rings is 1. The smallest absolute Gasteiger partial charge is 0.142 e. The zero-order chi connectivity index (χ0) is 18.8. The van der Waals surface area contributed by atoms with Gasteiger partial charge in [-0.1, -0.05) is 12.8 Å². The number of methoxy groups -OCH3 is 1. The summed E-state index contributed by atoms with van der Waals surface area (Å²) in [5, 5.41) is 0. The van der Waals surface area contributed by atoms with Crippen LogP contribution in [0.3, 0.4) is 0 Å². The molecule has 4 aliphatic rings. The second kappa shape index (κ2) is 6.38. The van der Waals surface area contributed by atoms with Crippen molar-refractivity contribution in [2.45, 2.75) is 56.5 Å². The number of likely N-dealkylation sites (N-methyl/N-ethyl adjacent to an activating group) is 2. The Morgan fingerprint density at radius 3 is 2.59 bits per heavy atom. The number of fused-ring (bicyclic) bond motifs is 3. The van der Waals surface area contributed by atoms with Crippen molar-refractivity contribution in [1.29, 1.82) is 0 Å². The number of anilines is 1. The summed E-state index contributed by atoms with van der Waals surface area (Å²) in [5.74, 6) is 1.94. The molecule has 4 fully saturated rings. The summed E-state index contributed by atoms with van der Waals surface area (Å²) < 4.78 is 5.95. The Morgan fingerprint density at radius 2 is 1.85 bits per heavy atom. The van der Waals surface area contributed by atoms with Crippen LogP contribution < -0.4 is 9.64 Å². The van der Waals surface area contributed by atoms with Crippen LogP contribution >= 0.6 is 0 Å². The summed E-state index contributed by atoms with van der Waals surface area (Å²) in [7, 11) is 6.40. The van der Waals surface area contributed by atoms with Crippen molar-refractivity contribution in [3.63, 3.8) is 0 Å². The molecule has 0 N–H and O–H groups in total. The average molecular weight is 370 g/mol. The van der Waals surface area contributed by atoms with Crippen LogP contribution in [0.25, 0.3) is 0 Å². The van der Waals surface area contributed by atoms with E-state index in [4.69, 9.17) is 4.74 Å². The van der Waals surface area contributed by atoms with E-state index in [1.807, 2.05) is 7.11 Å². The first-order valence-corrected chi connectivity index (χ1v) is 10.9. The third-order valence-electron chi connectivity index (χ3n) is 8.29. The van der Waals surface area contributed by atoms with Crippen molar-refractivity contribution in [1.82, 2.24) is 9.80 Å². The van der Waals surface area contributed by atoms with E-state index in [9.17, 15) is 0 Å². The third kappa shape index (κ3) is 2.63. The van der Waals surface area contributed by atoms with Gasteiger partial charge in [-0.2, -0.15) is 0 Å². The van der Waals surface area contributed by atoms with Crippen LogP contribution in [0.15, 0.2) is 12.1 Å². The van der Waals surface area contributed by atoms with Gasteiger partial charge in [-0.05, 0) is 69.5 Å². The number of hydrogen-bond donors (Lipinski definition) is 0. The number of ether oxygens (including phenoxy) is 1. The maximum atomic E-state index is 5.95. The van der Waals surface area contributed by atoms with Gasteiger partial charge in [-0.3, -0.25) is 4.90 Å². The van der Waals surface area contributed by atoms with E-state index in [0.29, 0.717) is 5.41 Å². The molecule has 27 heavy (non-hydrogen) atoms. The monoisotopic (exact) mass is 369 g/mol. The Labute approximate surface area is 164 Å². The van der Waals surface area contributed by atoms with Crippen molar-refractivity contribution in [3.05, 3.63) is 23.3 Å². The molecule has 148 valence electrons. The lowest BCUT2D eigenvalue weighted by Gasteiger charge is -2.44. The van der Waals surface area contributed by atoms with Gasteiger partial charge in [0, 0.05) is 43.7 Å². The lowest BCUT2D eigenvalue weighted by atomic mass is 9.62. The fourth-order valence-electron chi connectivity index (χ4n) is 6.75. The fourth-order valence-corrected chi connectivity index (χ4v) is 6.75. The minimum atomic E-state index is 0.401. The van der Waals surface area contributed by atoms with Crippen LogP contribution in [0.2, 0.25) is 0 Å². The van der Waals surface area contributed by atoms with Crippen LogP contribution in [-0.4, -0.2) is 69.3 Å². The highest BCUT2D eigenvalue weighted by molar-refractivity contribution is 5.64. The third-order valence-corrected chi connectivity index (χ3v) is 8.29. The van der Waals surface area contributed by atoms with E-state index in [-0.39, 0.29) is 0 Å². The van der Waals surface area contributed by atoms with E-state index in [1.165, 1.54) is 43.4 Å². The maximum Gasteiger partial charge on any atom is 0.142 e. The molecule has 1 aromatic carbocycles. The Kier molecular flexibility index (Phi) is 4.21. The highest BCUT2D eigenvalue weighted by atomic mass is 16.5. The van der Waals surface area contributed by atoms with E-state index in [0.717, 1.165) is 49.9 Å². The number of piperazine rings is 1. The van der Waals surface area contributed by atoms with Gasteiger partial charge in [0.1, 0.15) is 5.75 Å². The Hall–Kier alpha value is -1.26. The van der Waals surface area contributed by atoms with Crippen molar-refractivity contribution in [3.8, 4) is 5.75 Å². The van der Waals surface area contributed by atoms with E-state index >= 15 is 0 Å². The van der Waals surface area contributed by atoms with Crippen molar-refractivity contribution in [2.75, 3.05) is 52.3 Å². The van der Waals surface area contributed by atoms with Gasteiger partial charge in [0.2, 0.25) is 0 Å². The fraction of sp³-hybridized carbons (Fsp3) is 0.739. The standard InChI is InChI=1S/C23H35N3O/c1-16-13-19(26-11-9-24(2)10-12-26)21(27-4)14-18(16)23-8-6-5-7-17(23)22-20(15-23)25(22)3/h13-14,17,20,22H,5-12,15H2,1-4H3/t17-,20?,22-,23+,25?/m1/s1. The van der Waals surface area contributed by atoms with Gasteiger partial charge < -0.3 is 14.5 Å². The predicted octanol–water partition coefficient (Wildman–Crippen LogP) is 3.27. The summed E-state index contributed by atoms with van der Waals surface area (Å²) in [4.78, 5) is 7.56. The summed E-state index contributed by atoms with van der Waals surface area (Å²) in [6.45, 7) is 6.79. The van der Waals surface area contributed by atoms with Gasteiger partial charge >= 0.3 is 0 Å². The lowest BCUT2D eigenvalue weighted by Crippen LogP contribution is -2.44. The van der Waals surface area contributed by atoms with Crippen LogP contribution in [0.4, 0.5) is 5.69 Å². The van der Waals surface area contributed by atoms with Gasteiger partial charge in [-0.15, -0.1) is 0 Å². The molecule has 1 aromatic rings. The number of hydrogen-bond acceptors (Lipinski definition) is 4. The first-order chi connectivity index (χ1) is 13.0. The second-order valence-electron chi connectivity index (χ2n) is 9.57. The molecule has 0 radical (unpaired) electrons. The van der Waals surface area contributed by atoms with Crippen molar-refractivity contribution in [2.24, 2.45) is 5.92 Å². The molecule has 4 nitrogen and oxygen atoms in total. The Morgan fingerprint density at radius 1 is 1.07 bits per heavy atom. The van der Waals surface area contributed by atoms with Crippen LogP contribution in [0, 0.1) is 12.8 Å². The summed E-state index contributed by atoms with van der Waals surface area (Å²) >= 11 is 0. The van der Waals surface area contributed by atoms with Gasteiger partial charge in [0.15, 0.2) is 0 Å². The molecule has 2 heterocycles. The average Bonchev–Trinajstić information content (AvgIpc) is 3.15. The SMILES string of the molecule is COc1cc([C@]23CCCC[C@@H]2[C@@H]2C(C3)N2C)c(C)cc1N1CCN(C)CC1. The topological polar surface area (TPSA) is 18.7 Å². The summed E-state index contributed by atoms with van der Waals surface area (Å²) in [6.07, 6.45) is 6.95. The second-order valence-corrected chi connectivity index (χ2v) is 9.57. The number of nitrogens with zero attached hydrogens (tertiary/aromatic N) is 3. The minimum absolute atomic E-state index is 0.401. The van der Waals surface area contributed by atoms with E-state index < -0.39 is 0 Å². The van der Waals surface area contributed by atoms with Gasteiger partial charge in [0.25, 0.3) is 0 Å². The van der Waals surface area contributed by atoms with Crippen LogP contribution in [0.5, 0.6) is 5.75 Å². The minimum Gasteiger partial charge on any atom is -0.495 e. The molecule has 2 aliphatic carbocycles. The highest BCUT2D eigenvalue weighted by Gasteiger charge is 2.65. The molecule has 2 aliphatic heterocycles. The molecule has 5 atom stereocenters. The molecule has 4 heteroatoms. The number of aryl methyl sites for hydroxylation is 1. The highest BCUT2D eigenvalue weighted by Crippen LogP contribution is 2.62. The molecule has 2 unspecified atom stereocenters. The molecule has 5 rings (SSSR count). The summed E-state index contributed by atoms with van der Waals surface area (Å²) in [6, 6.07) is 6.54. The first kappa shape index (κ1) is 17.8. The quantitative estimate of drug-likeness (QED) is 0.761. The molecule has 0 amide bonds. The normalized spacial score (nSPS) is 38.4. The number of likely N-dealkylation sites (tertiary alicyclic amines) is 1. The molecule has 0 aromatic heterocycles. The van der Waals surface area contributed by atoms with E-state index in [1.54, 1.807) is 5.56 Å². The molecular formula is C23H35N3O. The van der Waals surface area contributed by atoms with Crippen LogP contribution in [-0.2, 0) is 5.41 Å². The Bertz CT molecular complexity index is 727. The zero-order valence-electron chi connectivity index (χ0n) is 17.5. The maximum absolute atomic E-state index is 5.95. The van der Waals surface area contributed by atoms with Crippen molar-refractivity contribution >= 4 is 5.69 Å². The van der Waals surface area contributed by atoms with Crippen LogP contribution in [0.1, 0.15) is 43.2 Å². The van der Waals surface area contributed by atoms with Gasteiger partial charge in [0.05, 0.1) is 12.8 Å². The zero-order valence-corrected chi connectivity index (χ0v) is 17.5. The largest absolute Gasteiger partial charge is 0.495 e. The molecular weight excluding hydrogens is 334 g/mol. The molecule has 2 saturated heterocycles. The lowest BCUT2D eigenvalue weighted by molar-refractivity contribution is 0.168. The molecule has 2 saturated carbocycles. The van der Waals surface area contributed by atoms with Gasteiger partial charge in [-0.25, -0.2) is 0 Å². The first-order valence-electron chi connectivity index (χ1n) is 10.9. The van der Waals surface area contributed by atoms with E-state index in [2.05, 4.69) is 47.9 Å². The number of benzene rings is 1. The Balaban J connectivity index is 1.52. The number of rotatable bonds is 3. The van der Waals surface area contributed by atoms with Crippen molar-refractivity contribution < 1.29 is 4.74 Å². The summed E-state index contributed by atoms with van der Waals surface area (Å²) in [5.41, 5.74) is 4.79. The molecule has 0 spiro atoms.